The first-order valence-corrected chi connectivity index (χ1v) is 7.88. The minimum atomic E-state index is -0.646. The van der Waals surface area contributed by atoms with E-state index in [-0.39, 0.29) is 31.4 Å². The Kier molecular flexibility index (Phi) is 6.44. The molecule has 0 bridgehead atoms. The zero-order valence-corrected chi connectivity index (χ0v) is 13.6. The van der Waals surface area contributed by atoms with Crippen molar-refractivity contribution in [2.75, 3.05) is 13.2 Å². The Hall–Kier alpha value is -2.27. The molecule has 0 spiro atoms. The van der Waals surface area contributed by atoms with Gasteiger partial charge in [0.1, 0.15) is 11.6 Å². The number of halogens is 2. The molecule has 1 unspecified atom stereocenters. The average Bonchev–Trinajstić information content (AvgIpc) is 2.55. The first kappa shape index (κ1) is 18.1. The van der Waals surface area contributed by atoms with E-state index in [9.17, 15) is 18.7 Å². The van der Waals surface area contributed by atoms with Gasteiger partial charge in [-0.2, -0.15) is 0 Å². The third-order valence-corrected chi connectivity index (χ3v) is 3.91. The molecule has 0 aliphatic heterocycles. The van der Waals surface area contributed by atoms with Crippen LogP contribution in [0.15, 0.2) is 48.5 Å². The van der Waals surface area contributed by atoms with Crippen LogP contribution in [0, 0.1) is 11.6 Å². The fourth-order valence-corrected chi connectivity index (χ4v) is 2.62. The molecule has 0 aromatic heterocycles. The fraction of sp³-hybridized carbons (Fsp3) is 0.316. The van der Waals surface area contributed by atoms with Gasteiger partial charge in [0, 0.05) is 25.6 Å². The summed E-state index contributed by atoms with van der Waals surface area (Å²) in [6, 6.07) is 12.8. The normalized spacial score (nSPS) is 12.0. The summed E-state index contributed by atoms with van der Waals surface area (Å²) in [6.07, 6.45) is 0.0926. The van der Waals surface area contributed by atoms with Gasteiger partial charge in [-0.15, -0.1) is 0 Å². The predicted molar refractivity (Wildman–Crippen MR) is 88.3 cm³/mol. The zero-order valence-electron chi connectivity index (χ0n) is 13.6. The van der Waals surface area contributed by atoms with E-state index in [0.29, 0.717) is 12.1 Å². The topological polar surface area (TPSA) is 40.5 Å². The third-order valence-electron chi connectivity index (χ3n) is 3.91. The van der Waals surface area contributed by atoms with Crippen molar-refractivity contribution in [3.05, 3.63) is 71.3 Å². The molecule has 24 heavy (non-hydrogen) atoms. The highest BCUT2D eigenvalue weighted by Gasteiger charge is 2.20. The molecule has 0 aliphatic rings. The van der Waals surface area contributed by atoms with E-state index in [1.165, 1.54) is 12.1 Å². The average molecular weight is 333 g/mol. The van der Waals surface area contributed by atoms with Gasteiger partial charge in [-0.25, -0.2) is 8.78 Å². The van der Waals surface area contributed by atoms with Crippen molar-refractivity contribution in [3.63, 3.8) is 0 Å². The van der Waals surface area contributed by atoms with Crippen LogP contribution in [0.4, 0.5) is 8.78 Å². The summed E-state index contributed by atoms with van der Waals surface area (Å²) >= 11 is 0. The first-order chi connectivity index (χ1) is 11.5. The van der Waals surface area contributed by atoms with Gasteiger partial charge in [-0.05, 0) is 23.1 Å². The molecule has 2 aromatic rings. The van der Waals surface area contributed by atoms with Crippen LogP contribution in [0.5, 0.6) is 0 Å². The van der Waals surface area contributed by atoms with E-state index < -0.39 is 11.6 Å². The Morgan fingerprint density at radius 2 is 1.88 bits per heavy atom. The number of aliphatic hydroxyl groups is 1. The van der Waals surface area contributed by atoms with Gasteiger partial charge < -0.3 is 10.0 Å². The molecule has 0 saturated heterocycles. The lowest BCUT2D eigenvalue weighted by Gasteiger charge is -2.24. The molecule has 3 nitrogen and oxygen atoms in total. The van der Waals surface area contributed by atoms with E-state index in [4.69, 9.17) is 0 Å². The van der Waals surface area contributed by atoms with Crippen molar-refractivity contribution < 1.29 is 18.7 Å². The number of amides is 1. The maximum atomic E-state index is 13.8. The van der Waals surface area contributed by atoms with Gasteiger partial charge in [0.05, 0.1) is 6.61 Å². The summed E-state index contributed by atoms with van der Waals surface area (Å²) in [5.41, 5.74) is 1.27. The summed E-state index contributed by atoms with van der Waals surface area (Å²) in [5, 5.41) is 9.19. The maximum Gasteiger partial charge on any atom is 0.223 e. The van der Waals surface area contributed by atoms with E-state index >= 15 is 0 Å². The van der Waals surface area contributed by atoms with Crippen molar-refractivity contribution in [2.45, 2.75) is 25.8 Å². The Bertz CT molecular complexity index is 676. The minimum Gasteiger partial charge on any atom is -0.395 e. The number of carbonyl (C=O) groups excluding carboxylic acids is 1. The monoisotopic (exact) mass is 333 g/mol. The van der Waals surface area contributed by atoms with Crippen molar-refractivity contribution >= 4 is 5.91 Å². The van der Waals surface area contributed by atoms with Crippen molar-refractivity contribution in [1.29, 1.82) is 0 Å². The number of hydrogen-bond acceptors (Lipinski definition) is 2. The van der Waals surface area contributed by atoms with E-state index in [2.05, 4.69) is 0 Å². The van der Waals surface area contributed by atoms with Crippen molar-refractivity contribution in [3.8, 4) is 0 Å². The molecule has 1 amide bonds. The largest absolute Gasteiger partial charge is 0.395 e. The van der Waals surface area contributed by atoms with E-state index in [0.717, 1.165) is 11.6 Å². The third kappa shape index (κ3) is 4.86. The number of rotatable bonds is 7. The Balaban J connectivity index is 2.06. The van der Waals surface area contributed by atoms with Crippen LogP contribution in [-0.2, 0) is 11.3 Å². The molecule has 0 heterocycles. The molecule has 128 valence electrons. The molecule has 2 rings (SSSR count). The van der Waals surface area contributed by atoms with Crippen LogP contribution >= 0.6 is 0 Å². The number of hydrogen-bond donors (Lipinski definition) is 1. The minimum absolute atomic E-state index is 0.0926. The Labute approximate surface area is 140 Å². The smallest absolute Gasteiger partial charge is 0.223 e. The molecule has 0 fully saturated rings. The molecular weight excluding hydrogens is 312 g/mol. The van der Waals surface area contributed by atoms with Gasteiger partial charge in [0.15, 0.2) is 0 Å². The number of carbonyl (C=O) groups is 1. The highest BCUT2D eigenvalue weighted by molar-refractivity contribution is 5.77. The SMILES string of the molecule is CC(CC(=O)N(CCO)Cc1ccccc1)c1ccc(F)cc1F. The van der Waals surface area contributed by atoms with Crippen LogP contribution in [0.2, 0.25) is 0 Å². The number of benzene rings is 2. The number of aliphatic hydroxyl groups excluding tert-OH is 1. The second-order valence-electron chi connectivity index (χ2n) is 5.80. The molecule has 5 heteroatoms. The predicted octanol–water partition coefficient (Wildman–Crippen LogP) is 3.48. The van der Waals surface area contributed by atoms with Crippen LogP contribution in [0.3, 0.4) is 0 Å². The van der Waals surface area contributed by atoms with Crippen LogP contribution in [0.25, 0.3) is 0 Å². The molecule has 1 atom stereocenters. The van der Waals surface area contributed by atoms with Gasteiger partial charge in [0.2, 0.25) is 5.91 Å². The van der Waals surface area contributed by atoms with Crippen molar-refractivity contribution in [2.24, 2.45) is 0 Å². The van der Waals surface area contributed by atoms with Gasteiger partial charge >= 0.3 is 0 Å². The lowest BCUT2D eigenvalue weighted by atomic mass is 9.96. The lowest BCUT2D eigenvalue weighted by Crippen LogP contribution is -2.33. The van der Waals surface area contributed by atoms with E-state index in [1.807, 2.05) is 30.3 Å². The summed E-state index contributed by atoms with van der Waals surface area (Å²) in [7, 11) is 0. The van der Waals surface area contributed by atoms with Gasteiger partial charge in [-0.3, -0.25) is 4.79 Å². The second kappa shape index (κ2) is 8.55. The summed E-state index contributed by atoms with van der Waals surface area (Å²) < 4.78 is 26.8. The Morgan fingerprint density at radius 3 is 2.50 bits per heavy atom. The highest BCUT2D eigenvalue weighted by Crippen LogP contribution is 2.24. The summed E-state index contributed by atoms with van der Waals surface area (Å²) in [5.74, 6) is -1.84. The number of nitrogens with zero attached hydrogens (tertiary/aromatic N) is 1. The molecule has 0 saturated carbocycles. The summed E-state index contributed by atoms with van der Waals surface area (Å²) in [4.78, 5) is 14.1. The molecular formula is C19H21F2NO2. The molecule has 0 aliphatic carbocycles. The quantitative estimate of drug-likeness (QED) is 0.843. The second-order valence-corrected chi connectivity index (χ2v) is 5.80. The van der Waals surface area contributed by atoms with E-state index in [1.54, 1.807) is 11.8 Å². The fourth-order valence-electron chi connectivity index (χ4n) is 2.62. The molecule has 2 aromatic carbocycles. The van der Waals surface area contributed by atoms with Crippen LogP contribution < -0.4 is 0 Å². The lowest BCUT2D eigenvalue weighted by molar-refractivity contribution is -0.132. The van der Waals surface area contributed by atoms with Gasteiger partial charge in [0.25, 0.3) is 0 Å². The van der Waals surface area contributed by atoms with Gasteiger partial charge in [-0.1, -0.05) is 43.3 Å². The molecule has 1 N–H and O–H groups in total. The standard InChI is InChI=1S/C19H21F2NO2/c1-14(17-8-7-16(20)12-18(17)21)11-19(24)22(9-10-23)13-15-5-3-2-4-6-15/h2-8,12,14,23H,9-11,13H2,1H3. The van der Waals surface area contributed by atoms with Crippen molar-refractivity contribution in [1.82, 2.24) is 4.90 Å². The van der Waals surface area contributed by atoms with Crippen LogP contribution in [-0.4, -0.2) is 29.1 Å². The maximum absolute atomic E-state index is 13.8. The zero-order chi connectivity index (χ0) is 17.5. The Morgan fingerprint density at radius 1 is 1.17 bits per heavy atom. The van der Waals surface area contributed by atoms with Crippen LogP contribution in [0.1, 0.15) is 30.4 Å². The summed E-state index contributed by atoms with van der Waals surface area (Å²) in [6.45, 7) is 2.19. The highest BCUT2D eigenvalue weighted by atomic mass is 19.1. The first-order valence-electron chi connectivity index (χ1n) is 7.88. The molecule has 0 radical (unpaired) electrons.